The predicted octanol–water partition coefficient (Wildman–Crippen LogP) is -0.360. The van der Waals surface area contributed by atoms with Crippen molar-refractivity contribution in [3.63, 3.8) is 0 Å². The third-order valence-electron chi connectivity index (χ3n) is 1.90. The molecule has 0 bridgehead atoms. The van der Waals surface area contributed by atoms with Crippen LogP contribution in [-0.2, 0) is 19.1 Å². The normalized spacial score (nSPS) is 10.1. The molecule has 0 spiro atoms. The molecule has 0 fully saturated rings. The number of esters is 2. The van der Waals surface area contributed by atoms with Gasteiger partial charge in [0.2, 0.25) is 0 Å². The van der Waals surface area contributed by atoms with Crippen molar-refractivity contribution in [3.05, 3.63) is 12.7 Å². The van der Waals surface area contributed by atoms with Gasteiger partial charge in [0.05, 0.1) is 26.1 Å². The highest BCUT2D eigenvalue weighted by molar-refractivity contribution is 5.73. The third-order valence-corrected chi connectivity index (χ3v) is 1.90. The molecule has 6 heteroatoms. The van der Waals surface area contributed by atoms with Gasteiger partial charge in [-0.05, 0) is 5.92 Å². The van der Waals surface area contributed by atoms with Crippen molar-refractivity contribution < 1.29 is 29.3 Å². The number of rotatable bonds is 9. The summed E-state index contributed by atoms with van der Waals surface area (Å²) < 4.78 is 9.31. The van der Waals surface area contributed by atoms with E-state index in [-0.39, 0.29) is 45.2 Å². The number of allylic oxidation sites excluding steroid dienone is 1. The lowest BCUT2D eigenvalue weighted by atomic mass is 10.0. The van der Waals surface area contributed by atoms with Crippen LogP contribution in [-0.4, -0.2) is 48.6 Å². The summed E-state index contributed by atoms with van der Waals surface area (Å²) in [6.45, 7) is 2.93. The average molecular weight is 246 g/mol. The zero-order valence-electron chi connectivity index (χ0n) is 9.63. The number of carbonyl (C=O) groups is 2. The molecule has 0 aliphatic heterocycles. The smallest absolute Gasteiger partial charge is 0.306 e. The number of aliphatic hydroxyl groups is 2. The van der Waals surface area contributed by atoms with Crippen LogP contribution in [0.3, 0.4) is 0 Å². The second kappa shape index (κ2) is 9.80. The molecule has 0 aromatic rings. The van der Waals surface area contributed by atoms with Gasteiger partial charge in [-0.15, -0.1) is 6.58 Å². The standard InChI is InChI=1S/C11H18O6/c1-2-9(7-10(14)16-5-3-12)8-11(15)17-6-4-13/h2,9,12-13H,1,3-8H2. The Balaban J connectivity index is 3.94. The summed E-state index contributed by atoms with van der Waals surface area (Å²) in [6, 6.07) is 0. The van der Waals surface area contributed by atoms with Gasteiger partial charge in [-0.25, -0.2) is 0 Å². The van der Waals surface area contributed by atoms with Gasteiger partial charge in [0.25, 0.3) is 0 Å². The van der Waals surface area contributed by atoms with Crippen molar-refractivity contribution in [3.8, 4) is 0 Å². The molecule has 0 saturated heterocycles. The highest BCUT2D eigenvalue weighted by Gasteiger charge is 2.16. The van der Waals surface area contributed by atoms with Crippen molar-refractivity contribution in [2.24, 2.45) is 5.92 Å². The van der Waals surface area contributed by atoms with Gasteiger partial charge in [0.15, 0.2) is 0 Å². The Hall–Kier alpha value is -1.40. The van der Waals surface area contributed by atoms with Gasteiger partial charge in [0, 0.05) is 0 Å². The Morgan fingerprint density at radius 2 is 1.47 bits per heavy atom. The second-order valence-electron chi connectivity index (χ2n) is 3.29. The molecule has 0 saturated carbocycles. The molecule has 0 aliphatic rings. The molecule has 17 heavy (non-hydrogen) atoms. The van der Waals surface area contributed by atoms with Crippen LogP contribution in [0, 0.1) is 5.92 Å². The van der Waals surface area contributed by atoms with Gasteiger partial charge in [0.1, 0.15) is 13.2 Å². The Morgan fingerprint density at radius 1 is 1.06 bits per heavy atom. The first-order chi connectivity index (χ1) is 8.13. The first kappa shape index (κ1) is 15.6. The van der Waals surface area contributed by atoms with Crippen LogP contribution in [0.25, 0.3) is 0 Å². The van der Waals surface area contributed by atoms with Crippen molar-refractivity contribution in [1.29, 1.82) is 0 Å². The van der Waals surface area contributed by atoms with Crippen LogP contribution in [0.5, 0.6) is 0 Å². The van der Waals surface area contributed by atoms with E-state index in [1.54, 1.807) is 0 Å². The lowest BCUT2D eigenvalue weighted by Crippen LogP contribution is -2.17. The minimum Gasteiger partial charge on any atom is -0.463 e. The van der Waals surface area contributed by atoms with Crippen LogP contribution in [0.4, 0.5) is 0 Å². The van der Waals surface area contributed by atoms with Crippen molar-refractivity contribution in [2.45, 2.75) is 12.8 Å². The number of aliphatic hydroxyl groups excluding tert-OH is 2. The predicted molar refractivity (Wildman–Crippen MR) is 59.0 cm³/mol. The van der Waals surface area contributed by atoms with E-state index < -0.39 is 11.9 Å². The monoisotopic (exact) mass is 246 g/mol. The molecule has 0 atom stereocenters. The van der Waals surface area contributed by atoms with Crippen molar-refractivity contribution in [1.82, 2.24) is 0 Å². The van der Waals surface area contributed by atoms with E-state index in [1.165, 1.54) is 6.08 Å². The van der Waals surface area contributed by atoms with Crippen LogP contribution in [0.1, 0.15) is 12.8 Å². The molecule has 2 N–H and O–H groups in total. The van der Waals surface area contributed by atoms with E-state index in [2.05, 4.69) is 16.1 Å². The summed E-state index contributed by atoms with van der Waals surface area (Å²) in [4.78, 5) is 22.4. The second-order valence-corrected chi connectivity index (χ2v) is 3.29. The van der Waals surface area contributed by atoms with Crippen molar-refractivity contribution >= 4 is 11.9 Å². The fraction of sp³-hybridized carbons (Fsp3) is 0.636. The number of ether oxygens (including phenoxy) is 2. The number of carbonyl (C=O) groups excluding carboxylic acids is 2. The van der Waals surface area contributed by atoms with Crippen LogP contribution in [0.2, 0.25) is 0 Å². The minimum atomic E-state index is -0.501. The topological polar surface area (TPSA) is 93.1 Å². The fourth-order valence-electron chi connectivity index (χ4n) is 1.10. The Bertz CT molecular complexity index is 228. The van der Waals surface area contributed by atoms with Gasteiger partial charge in [-0.1, -0.05) is 6.08 Å². The highest BCUT2D eigenvalue weighted by Crippen LogP contribution is 2.12. The van der Waals surface area contributed by atoms with Crippen LogP contribution < -0.4 is 0 Å². The highest BCUT2D eigenvalue weighted by atomic mass is 16.5. The fourth-order valence-corrected chi connectivity index (χ4v) is 1.10. The summed E-state index contributed by atoms with van der Waals surface area (Å²) >= 11 is 0. The zero-order chi connectivity index (χ0) is 13.1. The molecule has 6 nitrogen and oxygen atoms in total. The molecule has 0 aliphatic carbocycles. The summed E-state index contributed by atoms with van der Waals surface area (Å²) in [7, 11) is 0. The molecule has 0 aromatic heterocycles. The zero-order valence-corrected chi connectivity index (χ0v) is 9.63. The van der Waals surface area contributed by atoms with Crippen molar-refractivity contribution in [2.75, 3.05) is 26.4 Å². The van der Waals surface area contributed by atoms with E-state index in [1.807, 2.05) is 0 Å². The minimum absolute atomic E-state index is 0.0116. The van der Waals surface area contributed by atoms with Gasteiger partial charge in [-0.3, -0.25) is 9.59 Å². The van der Waals surface area contributed by atoms with Gasteiger partial charge in [-0.2, -0.15) is 0 Å². The maximum Gasteiger partial charge on any atom is 0.306 e. The van der Waals surface area contributed by atoms with Gasteiger partial charge >= 0.3 is 11.9 Å². The first-order valence-electron chi connectivity index (χ1n) is 5.29. The summed E-state index contributed by atoms with van der Waals surface area (Å²) in [6.07, 6.45) is 1.50. The SMILES string of the molecule is C=CC(CC(=O)OCCO)CC(=O)OCCO. The van der Waals surface area contributed by atoms with Gasteiger partial charge < -0.3 is 19.7 Å². The van der Waals surface area contributed by atoms with E-state index in [0.717, 1.165) is 0 Å². The lowest BCUT2D eigenvalue weighted by molar-refractivity contribution is -0.147. The third kappa shape index (κ3) is 8.41. The number of hydrogen-bond acceptors (Lipinski definition) is 6. The Kier molecular flexibility index (Phi) is 8.99. The maximum atomic E-state index is 11.2. The maximum absolute atomic E-state index is 11.2. The molecule has 0 amide bonds. The van der Waals surface area contributed by atoms with E-state index in [4.69, 9.17) is 10.2 Å². The molecule has 0 radical (unpaired) electrons. The largest absolute Gasteiger partial charge is 0.463 e. The summed E-state index contributed by atoms with van der Waals surface area (Å²) in [5, 5.41) is 16.9. The molecule has 0 rings (SSSR count). The lowest BCUT2D eigenvalue weighted by Gasteiger charge is -2.11. The Morgan fingerprint density at radius 3 is 1.76 bits per heavy atom. The average Bonchev–Trinajstić information content (AvgIpc) is 2.32. The first-order valence-corrected chi connectivity index (χ1v) is 5.29. The van der Waals surface area contributed by atoms with Crippen LogP contribution >= 0.6 is 0 Å². The van der Waals surface area contributed by atoms with Crippen LogP contribution in [0.15, 0.2) is 12.7 Å². The summed E-state index contributed by atoms with van der Waals surface area (Å²) in [5.74, 6) is -1.37. The molecular weight excluding hydrogens is 228 g/mol. The quantitative estimate of drug-likeness (QED) is 0.426. The summed E-state index contributed by atoms with van der Waals surface area (Å²) in [5.41, 5.74) is 0. The van der Waals surface area contributed by atoms with E-state index >= 15 is 0 Å². The van der Waals surface area contributed by atoms with E-state index in [9.17, 15) is 9.59 Å². The van der Waals surface area contributed by atoms with E-state index in [0.29, 0.717) is 0 Å². The molecule has 98 valence electrons. The number of hydrogen-bond donors (Lipinski definition) is 2. The molecule has 0 aromatic carbocycles. The molecule has 0 heterocycles. The molecule has 0 unspecified atom stereocenters. The Labute approximate surface area is 99.8 Å². The molecular formula is C11H18O6.